The molecule has 3 heterocycles. The second-order valence-electron chi connectivity index (χ2n) is 17.3. The van der Waals surface area contributed by atoms with Gasteiger partial charge in [0.2, 0.25) is 5.79 Å². The summed E-state index contributed by atoms with van der Waals surface area (Å²) < 4.78 is 42.1. The summed E-state index contributed by atoms with van der Waals surface area (Å²) in [6, 6.07) is 0. The van der Waals surface area contributed by atoms with Crippen LogP contribution in [0.1, 0.15) is 61.8 Å². The summed E-state index contributed by atoms with van der Waals surface area (Å²) in [4.78, 5) is 80.5. The lowest BCUT2D eigenvalue weighted by Crippen LogP contribution is -2.80. The lowest BCUT2D eigenvalue weighted by atomic mass is 9.39. The normalized spacial score (nSPS) is 56.4. The highest BCUT2D eigenvalue weighted by Crippen LogP contribution is 2.81. The Balaban J connectivity index is 1.44. The van der Waals surface area contributed by atoms with E-state index in [-0.39, 0.29) is 6.42 Å². The highest BCUT2D eigenvalue weighted by molar-refractivity contribution is 5.94. The van der Waals surface area contributed by atoms with Crippen LogP contribution in [0, 0.1) is 51.8 Å². The van der Waals surface area contributed by atoms with Gasteiger partial charge in [-0.15, -0.1) is 0 Å². The van der Waals surface area contributed by atoms with E-state index < -0.39 is 160 Å². The van der Waals surface area contributed by atoms with Crippen LogP contribution in [0.15, 0.2) is 0 Å². The third-order valence-electron chi connectivity index (χ3n) is 15.2. The number of Topliss-reactive ketones (excluding diaryl/α,β-unsaturated/α-hetero) is 1. The van der Waals surface area contributed by atoms with Crippen molar-refractivity contribution in [3.8, 4) is 0 Å². The lowest BCUT2D eigenvalue weighted by Gasteiger charge is -2.67. The van der Waals surface area contributed by atoms with E-state index >= 15 is 0 Å². The van der Waals surface area contributed by atoms with E-state index in [1.807, 2.05) is 0 Å². The van der Waals surface area contributed by atoms with Crippen molar-refractivity contribution in [1.29, 1.82) is 0 Å². The van der Waals surface area contributed by atoms with Gasteiger partial charge in [0.1, 0.15) is 54.9 Å². The fourth-order valence-electron chi connectivity index (χ4n) is 13.2. The maximum absolute atomic E-state index is 14.7. The van der Waals surface area contributed by atoms with Gasteiger partial charge in [-0.25, -0.2) is 9.59 Å². The number of ketones is 1. The molecule has 8 rings (SSSR count). The fourth-order valence-corrected chi connectivity index (χ4v) is 13.2. The molecule has 0 aromatic heterocycles. The van der Waals surface area contributed by atoms with Crippen molar-refractivity contribution in [1.82, 2.24) is 0 Å². The molecule has 8 fully saturated rings. The summed E-state index contributed by atoms with van der Waals surface area (Å²) in [6.45, 7) is 10.1. The second kappa shape index (κ2) is 10.8. The van der Waals surface area contributed by atoms with Crippen molar-refractivity contribution in [2.75, 3.05) is 6.61 Å². The Morgan fingerprint density at radius 1 is 0.830 bits per heavy atom. The van der Waals surface area contributed by atoms with Crippen LogP contribution in [0.5, 0.6) is 0 Å². The highest BCUT2D eigenvalue weighted by Gasteiger charge is 2.94. The molecule has 8 aliphatic rings. The van der Waals surface area contributed by atoms with E-state index in [0.717, 1.165) is 20.8 Å². The average molecular weight is 751 g/mol. The van der Waals surface area contributed by atoms with Gasteiger partial charge in [-0.1, -0.05) is 20.8 Å². The Labute approximate surface area is 303 Å². The van der Waals surface area contributed by atoms with Crippen LogP contribution < -0.4 is 0 Å². The molecule has 1 spiro atoms. The number of carbonyl (C=O) groups excluding carboxylic acids is 6. The molecule has 292 valence electrons. The zero-order valence-corrected chi connectivity index (χ0v) is 30.6. The van der Waals surface area contributed by atoms with Gasteiger partial charge in [-0.3, -0.25) is 19.2 Å². The van der Waals surface area contributed by atoms with Crippen LogP contribution >= 0.6 is 0 Å². The number of hydrogen-bond acceptors (Lipinski definition) is 17. The Bertz CT molecular complexity index is 1730. The molecule has 0 amide bonds. The van der Waals surface area contributed by atoms with E-state index in [0.29, 0.717) is 0 Å². The third-order valence-corrected chi connectivity index (χ3v) is 15.2. The predicted molar refractivity (Wildman–Crippen MR) is 168 cm³/mol. The van der Waals surface area contributed by atoms with Gasteiger partial charge in [-0.2, -0.15) is 0 Å². The first-order chi connectivity index (χ1) is 24.5. The fraction of sp³-hybridized carbons (Fsp3) is 0.833. The summed E-state index contributed by atoms with van der Waals surface area (Å²) in [5.41, 5.74) is -9.80. The topological polar surface area (TPSA) is 255 Å². The standard InChI is InChI=1S/C36H46O17/c1-11-18-21(33(7)34(8,45)30(44)53-36(33)27(11)52-36)24(47-12(2)38)19-17-20(25(51-16(41)10-37)28(31(18,19)5)48-13(3)39)32(6)29(49-14(4)40)23-15(50-23)9-35(32,46)26(43)22(17)42/h11,15,17-25,27-29,37,42,45-46H,9-10H2,1-8H3/t11-,15-,17?,18-,19+,20?,21-,22?,23-,24+,25?,27+,28-,29-,31+,32-,33-,34+,35-,36-/m0/s1. The number of epoxide rings is 2. The number of fused-ring (bicyclic) bond motifs is 9. The van der Waals surface area contributed by atoms with Gasteiger partial charge in [0.25, 0.3) is 0 Å². The minimum absolute atomic E-state index is 0.316. The van der Waals surface area contributed by atoms with E-state index in [1.54, 1.807) is 20.8 Å². The van der Waals surface area contributed by atoms with Gasteiger partial charge in [0, 0.05) is 56.3 Å². The Kier molecular flexibility index (Phi) is 7.45. The summed E-state index contributed by atoms with van der Waals surface area (Å²) in [5.74, 6) is -13.7. The molecular formula is C36H46O17. The molecule has 0 aromatic rings. The van der Waals surface area contributed by atoms with Crippen LogP contribution in [-0.2, 0) is 61.9 Å². The van der Waals surface area contributed by atoms with Crippen molar-refractivity contribution >= 4 is 35.6 Å². The van der Waals surface area contributed by atoms with Gasteiger partial charge >= 0.3 is 29.8 Å². The molecule has 5 saturated carbocycles. The van der Waals surface area contributed by atoms with Gasteiger partial charge in [0.15, 0.2) is 11.4 Å². The first-order valence-corrected chi connectivity index (χ1v) is 18.1. The largest absolute Gasteiger partial charge is 0.462 e. The molecule has 20 atom stereocenters. The Morgan fingerprint density at radius 3 is 2.02 bits per heavy atom. The summed E-state index contributed by atoms with van der Waals surface area (Å²) in [7, 11) is 0. The number of aliphatic hydroxyl groups excluding tert-OH is 2. The van der Waals surface area contributed by atoms with E-state index in [9.17, 15) is 49.2 Å². The maximum Gasteiger partial charge on any atom is 0.341 e. The molecule has 4 unspecified atom stereocenters. The number of ether oxygens (including phenoxy) is 7. The van der Waals surface area contributed by atoms with Crippen LogP contribution in [0.4, 0.5) is 0 Å². The van der Waals surface area contributed by atoms with Gasteiger partial charge < -0.3 is 53.6 Å². The van der Waals surface area contributed by atoms with Gasteiger partial charge in [0.05, 0.1) is 16.9 Å². The monoisotopic (exact) mass is 750 g/mol. The lowest BCUT2D eigenvalue weighted by molar-refractivity contribution is -0.297. The van der Waals surface area contributed by atoms with Crippen LogP contribution in [0.3, 0.4) is 0 Å². The van der Waals surface area contributed by atoms with Crippen molar-refractivity contribution in [3.05, 3.63) is 0 Å². The van der Waals surface area contributed by atoms with Crippen molar-refractivity contribution in [2.24, 2.45) is 51.8 Å². The molecule has 3 aliphatic heterocycles. The highest BCUT2D eigenvalue weighted by atomic mass is 16.8. The zero-order valence-electron chi connectivity index (χ0n) is 30.6. The SMILES string of the molecule is CC(=O)O[C@H]1[C@@H]2[C@H]([C@H](C)[C@H]3O[C@]34OC(=O)[C@@](C)(O)[C@]24C)[C@]2(C)[C@@H]1C1C(O)C(=O)[C@@]3(O)C[C@@H]4O[C@@H]4[C@H](OC(C)=O)[C@]3(C)C1C(OC(=O)CO)[C@@H]2OC(C)=O. The van der Waals surface area contributed by atoms with Crippen LogP contribution in [0.2, 0.25) is 0 Å². The molecule has 4 N–H and O–H groups in total. The minimum Gasteiger partial charge on any atom is -0.462 e. The second-order valence-corrected chi connectivity index (χ2v) is 17.3. The minimum atomic E-state index is -2.46. The maximum atomic E-state index is 14.7. The predicted octanol–water partition coefficient (Wildman–Crippen LogP) is -1.29. The van der Waals surface area contributed by atoms with E-state index in [2.05, 4.69) is 0 Å². The smallest absolute Gasteiger partial charge is 0.341 e. The summed E-state index contributed by atoms with van der Waals surface area (Å²) in [6.07, 6.45) is -10.5. The zero-order chi connectivity index (χ0) is 38.9. The first-order valence-electron chi connectivity index (χ1n) is 18.1. The Morgan fingerprint density at radius 2 is 1.43 bits per heavy atom. The summed E-state index contributed by atoms with van der Waals surface area (Å²) >= 11 is 0. The van der Waals surface area contributed by atoms with Crippen molar-refractivity contribution in [2.45, 2.75) is 128 Å². The van der Waals surface area contributed by atoms with E-state index in [1.165, 1.54) is 13.8 Å². The van der Waals surface area contributed by atoms with Crippen molar-refractivity contribution in [3.63, 3.8) is 0 Å². The third kappa shape index (κ3) is 4.03. The molecule has 0 bridgehead atoms. The summed E-state index contributed by atoms with van der Waals surface area (Å²) in [5, 5.41) is 47.0. The molecule has 0 radical (unpaired) electrons. The number of aliphatic hydroxyl groups is 4. The average Bonchev–Trinajstić information content (AvgIpc) is 3.96. The van der Waals surface area contributed by atoms with Crippen LogP contribution in [-0.4, -0.2) is 128 Å². The number of hydrogen-bond donors (Lipinski definition) is 4. The first kappa shape index (κ1) is 36.7. The molecule has 17 nitrogen and oxygen atoms in total. The Hall–Kier alpha value is -3.22. The number of carbonyl (C=O) groups is 6. The molecule has 0 aromatic carbocycles. The molecule has 3 saturated heterocycles. The van der Waals surface area contributed by atoms with E-state index in [4.69, 9.17) is 33.2 Å². The number of esters is 5. The van der Waals surface area contributed by atoms with Gasteiger partial charge in [-0.05, 0) is 25.7 Å². The van der Waals surface area contributed by atoms with Crippen LogP contribution in [0.25, 0.3) is 0 Å². The van der Waals surface area contributed by atoms with Crippen molar-refractivity contribution < 1.29 is 82.4 Å². The molecule has 5 aliphatic carbocycles. The molecule has 53 heavy (non-hydrogen) atoms. The quantitative estimate of drug-likeness (QED) is 0.145. The molecule has 17 heteroatoms. The number of rotatable bonds is 5. The molecular weight excluding hydrogens is 704 g/mol.